The van der Waals surface area contributed by atoms with Crippen LogP contribution in [0.3, 0.4) is 0 Å². The number of carbonyl (C=O) groups excluding carboxylic acids is 1. The third-order valence-corrected chi connectivity index (χ3v) is 2.00. The fraction of sp³-hybridized carbons (Fsp3) is 0.250. The normalized spacial score (nSPS) is 11.1. The second-order valence-electron chi connectivity index (χ2n) is 3.14. The van der Waals surface area contributed by atoms with E-state index in [0.717, 1.165) is 0 Å². The molecular weight excluding hydrogens is 209 g/mol. The Hall–Kier alpha value is -2.02. The molecule has 0 spiro atoms. The number of nitrogens with two attached hydrogens (primary N) is 1. The zero-order valence-corrected chi connectivity index (χ0v) is 8.87. The molecule has 2 N–H and O–H groups in total. The lowest BCUT2D eigenvalue weighted by Crippen LogP contribution is -2.13. The highest BCUT2D eigenvalue weighted by atomic mass is 19.1. The molecular formula is C12H12FNO2. The second-order valence-corrected chi connectivity index (χ2v) is 3.14. The zero-order valence-electron chi connectivity index (χ0n) is 8.87. The Bertz CT molecular complexity index is 417. The van der Waals surface area contributed by atoms with Crippen molar-refractivity contribution >= 4 is 5.91 Å². The topological polar surface area (TPSA) is 52.3 Å². The molecule has 0 heterocycles. The molecule has 1 aromatic carbocycles. The van der Waals surface area contributed by atoms with Crippen molar-refractivity contribution in [3.63, 3.8) is 0 Å². The Kier molecular flexibility index (Phi) is 4.34. The van der Waals surface area contributed by atoms with E-state index in [1.54, 1.807) is 24.3 Å². The van der Waals surface area contributed by atoms with Crippen LogP contribution in [0.15, 0.2) is 24.3 Å². The fourth-order valence-corrected chi connectivity index (χ4v) is 1.14. The van der Waals surface area contributed by atoms with Crippen LogP contribution in [0.5, 0.6) is 5.75 Å². The maximum Gasteiger partial charge on any atom is 0.248 e. The summed E-state index contributed by atoms with van der Waals surface area (Å²) >= 11 is 0. The first-order valence-electron chi connectivity index (χ1n) is 4.85. The number of hydrogen-bond acceptors (Lipinski definition) is 2. The Balaban J connectivity index is 2.73. The molecule has 0 saturated carbocycles. The monoisotopic (exact) mass is 221 g/mol. The SMILES string of the molecule is CCC(C#CF)Oc1ccc(C(N)=O)cc1. The highest BCUT2D eigenvalue weighted by Crippen LogP contribution is 2.14. The number of primary amides is 1. The molecule has 3 nitrogen and oxygen atoms in total. The molecule has 1 aromatic rings. The molecule has 16 heavy (non-hydrogen) atoms. The number of hydrogen-bond donors (Lipinski definition) is 1. The van der Waals surface area contributed by atoms with Gasteiger partial charge in [-0.2, -0.15) is 0 Å². The van der Waals surface area contributed by atoms with Gasteiger partial charge in [0.25, 0.3) is 0 Å². The van der Waals surface area contributed by atoms with Gasteiger partial charge >= 0.3 is 0 Å². The van der Waals surface area contributed by atoms with Crippen molar-refractivity contribution in [3.05, 3.63) is 29.8 Å². The maximum absolute atomic E-state index is 11.8. The van der Waals surface area contributed by atoms with Gasteiger partial charge in [-0.05, 0) is 36.6 Å². The molecule has 0 radical (unpaired) electrons. The highest BCUT2D eigenvalue weighted by molar-refractivity contribution is 5.92. The van der Waals surface area contributed by atoms with E-state index in [0.29, 0.717) is 17.7 Å². The van der Waals surface area contributed by atoms with Crippen molar-refractivity contribution in [1.29, 1.82) is 0 Å². The molecule has 0 saturated heterocycles. The molecule has 0 aliphatic heterocycles. The first kappa shape index (κ1) is 12.1. The molecule has 1 atom stereocenters. The van der Waals surface area contributed by atoms with Gasteiger partial charge in [-0.1, -0.05) is 6.92 Å². The summed E-state index contributed by atoms with van der Waals surface area (Å²) in [5, 5.41) is 0. The smallest absolute Gasteiger partial charge is 0.248 e. The van der Waals surface area contributed by atoms with Gasteiger partial charge in [0.05, 0.1) is 0 Å². The average Bonchev–Trinajstić information content (AvgIpc) is 2.29. The van der Waals surface area contributed by atoms with Crippen molar-refractivity contribution < 1.29 is 13.9 Å². The summed E-state index contributed by atoms with van der Waals surface area (Å²) in [7, 11) is 0. The van der Waals surface area contributed by atoms with Crippen LogP contribution in [-0.4, -0.2) is 12.0 Å². The molecule has 4 heteroatoms. The van der Waals surface area contributed by atoms with E-state index in [9.17, 15) is 9.18 Å². The summed E-state index contributed by atoms with van der Waals surface area (Å²) in [6, 6.07) is 6.30. The minimum Gasteiger partial charge on any atom is -0.478 e. The Morgan fingerprint density at radius 3 is 2.56 bits per heavy atom. The number of ether oxygens (including phenoxy) is 1. The molecule has 0 aliphatic rings. The summed E-state index contributed by atoms with van der Waals surface area (Å²) in [4.78, 5) is 10.8. The molecule has 1 unspecified atom stereocenters. The van der Waals surface area contributed by atoms with Crippen molar-refractivity contribution in [2.75, 3.05) is 0 Å². The zero-order chi connectivity index (χ0) is 12.0. The number of rotatable bonds is 4. The highest BCUT2D eigenvalue weighted by Gasteiger charge is 2.05. The molecule has 0 aliphatic carbocycles. The van der Waals surface area contributed by atoms with E-state index in [4.69, 9.17) is 10.5 Å². The summed E-state index contributed by atoms with van der Waals surface area (Å²) in [6.45, 7) is 1.84. The van der Waals surface area contributed by atoms with Crippen LogP contribution >= 0.6 is 0 Å². The third-order valence-electron chi connectivity index (χ3n) is 2.00. The minimum absolute atomic E-state index is 0.400. The van der Waals surface area contributed by atoms with Crippen LogP contribution in [-0.2, 0) is 0 Å². The van der Waals surface area contributed by atoms with Crippen molar-refractivity contribution in [2.45, 2.75) is 19.4 Å². The Morgan fingerprint density at radius 2 is 2.12 bits per heavy atom. The minimum atomic E-state index is -0.498. The van der Waals surface area contributed by atoms with Gasteiger partial charge in [-0.15, -0.1) is 4.39 Å². The number of benzene rings is 1. The van der Waals surface area contributed by atoms with Crippen LogP contribution in [0, 0.1) is 12.1 Å². The van der Waals surface area contributed by atoms with Crippen LogP contribution in [0.2, 0.25) is 0 Å². The molecule has 1 rings (SSSR count). The van der Waals surface area contributed by atoms with E-state index in [-0.39, 0.29) is 0 Å². The van der Waals surface area contributed by atoms with Crippen LogP contribution < -0.4 is 10.5 Å². The van der Waals surface area contributed by atoms with E-state index in [1.165, 1.54) is 6.17 Å². The van der Waals surface area contributed by atoms with Gasteiger partial charge in [-0.25, -0.2) is 0 Å². The Labute approximate surface area is 93.4 Å². The van der Waals surface area contributed by atoms with Crippen molar-refractivity contribution in [3.8, 4) is 17.8 Å². The van der Waals surface area contributed by atoms with Crippen molar-refractivity contribution in [1.82, 2.24) is 0 Å². The number of halogens is 1. The van der Waals surface area contributed by atoms with Gasteiger partial charge in [-0.3, -0.25) is 4.79 Å². The standard InChI is InChI=1S/C12H12FNO2/c1-2-10(7-8-13)16-11-5-3-9(4-6-11)12(14)15/h3-6,10H,2H2,1H3,(H2,14,15). The lowest BCUT2D eigenvalue weighted by molar-refractivity contribution is 0.100. The van der Waals surface area contributed by atoms with E-state index < -0.39 is 12.0 Å². The van der Waals surface area contributed by atoms with Gasteiger partial charge in [0.15, 0.2) is 6.10 Å². The van der Waals surface area contributed by atoms with Gasteiger partial charge in [0, 0.05) is 5.56 Å². The van der Waals surface area contributed by atoms with Crippen LogP contribution in [0.1, 0.15) is 23.7 Å². The van der Waals surface area contributed by atoms with E-state index in [2.05, 4.69) is 5.92 Å². The summed E-state index contributed by atoms with van der Waals surface area (Å²) in [5.41, 5.74) is 5.49. The largest absolute Gasteiger partial charge is 0.478 e. The van der Waals surface area contributed by atoms with Crippen molar-refractivity contribution in [2.24, 2.45) is 5.73 Å². The first-order valence-corrected chi connectivity index (χ1v) is 4.85. The van der Waals surface area contributed by atoms with Crippen LogP contribution in [0.25, 0.3) is 0 Å². The maximum atomic E-state index is 11.8. The molecule has 0 bridgehead atoms. The molecule has 0 fully saturated rings. The quantitative estimate of drug-likeness (QED) is 0.789. The molecule has 0 aromatic heterocycles. The molecule has 84 valence electrons. The summed E-state index contributed by atoms with van der Waals surface area (Å²) in [6.07, 6.45) is 1.42. The first-order chi connectivity index (χ1) is 7.67. The van der Waals surface area contributed by atoms with Gasteiger partial charge < -0.3 is 10.5 Å². The number of carbonyl (C=O) groups is 1. The third kappa shape index (κ3) is 3.28. The van der Waals surface area contributed by atoms with Crippen LogP contribution in [0.4, 0.5) is 4.39 Å². The summed E-state index contributed by atoms with van der Waals surface area (Å²) in [5.74, 6) is 2.32. The lowest BCUT2D eigenvalue weighted by Gasteiger charge is -2.11. The van der Waals surface area contributed by atoms with E-state index in [1.807, 2.05) is 6.92 Å². The predicted octanol–water partition coefficient (Wildman–Crippen LogP) is 1.87. The second kappa shape index (κ2) is 5.76. The predicted molar refractivity (Wildman–Crippen MR) is 58.6 cm³/mol. The average molecular weight is 221 g/mol. The van der Waals surface area contributed by atoms with Gasteiger partial charge in [0.2, 0.25) is 5.91 Å². The van der Waals surface area contributed by atoms with Gasteiger partial charge in [0.1, 0.15) is 11.9 Å². The summed E-state index contributed by atoms with van der Waals surface area (Å²) < 4.78 is 17.2. The van der Waals surface area contributed by atoms with E-state index >= 15 is 0 Å². The molecule has 1 amide bonds. The lowest BCUT2D eigenvalue weighted by atomic mass is 10.2. The Morgan fingerprint density at radius 1 is 1.50 bits per heavy atom. The fourth-order valence-electron chi connectivity index (χ4n) is 1.14. The number of amides is 1.